The van der Waals surface area contributed by atoms with Crippen LogP contribution in [0.3, 0.4) is 0 Å². The molecule has 1 aliphatic heterocycles. The molecule has 2 N–H and O–H groups in total. The molecule has 21 heavy (non-hydrogen) atoms. The second-order valence-electron chi connectivity index (χ2n) is 6.24. The fraction of sp³-hybridized carbons (Fsp3) is 0.588. The molecule has 4 heteroatoms. The van der Waals surface area contributed by atoms with Gasteiger partial charge in [-0.05, 0) is 48.7 Å². The summed E-state index contributed by atoms with van der Waals surface area (Å²) in [6.45, 7) is 3.86. The van der Waals surface area contributed by atoms with E-state index in [4.69, 9.17) is 18.0 Å². The Morgan fingerprint density at radius 1 is 0.952 bits per heavy atom. The molecule has 0 radical (unpaired) electrons. The molecular weight excluding hydrogens is 278 g/mol. The first-order valence-corrected chi connectivity index (χ1v) is 8.54. The van der Waals surface area contributed by atoms with Crippen LogP contribution in [0.2, 0.25) is 0 Å². The van der Waals surface area contributed by atoms with E-state index in [9.17, 15) is 0 Å². The first-order chi connectivity index (χ1) is 10.2. The first kappa shape index (κ1) is 14.6. The van der Waals surface area contributed by atoms with E-state index in [-0.39, 0.29) is 0 Å². The Kier molecular flexibility index (Phi) is 4.63. The summed E-state index contributed by atoms with van der Waals surface area (Å²) in [7, 11) is 0. The zero-order chi connectivity index (χ0) is 14.7. The fourth-order valence-corrected chi connectivity index (χ4v) is 3.76. The zero-order valence-corrected chi connectivity index (χ0v) is 13.4. The largest absolute Gasteiger partial charge is 0.376 e. The smallest absolute Gasteiger partial charge is 0.166 e. The molecule has 3 rings (SSSR count). The standard InChI is InChI=1S/C17H25N3S/c18-17(21)20-12-10-19(11-13-20)16-8-6-15(7-9-16)14-4-2-1-3-5-14/h6-9,14H,1-5,10-13H2,(H2,18,21). The van der Waals surface area contributed by atoms with Gasteiger partial charge in [-0.1, -0.05) is 31.4 Å². The summed E-state index contributed by atoms with van der Waals surface area (Å²) in [5, 5.41) is 0.530. The molecule has 0 bridgehead atoms. The van der Waals surface area contributed by atoms with Gasteiger partial charge < -0.3 is 15.5 Å². The van der Waals surface area contributed by atoms with Gasteiger partial charge >= 0.3 is 0 Å². The van der Waals surface area contributed by atoms with Gasteiger partial charge in [-0.25, -0.2) is 0 Å². The minimum atomic E-state index is 0.530. The summed E-state index contributed by atoms with van der Waals surface area (Å²) in [5.41, 5.74) is 8.55. The van der Waals surface area contributed by atoms with E-state index < -0.39 is 0 Å². The molecule has 0 amide bonds. The van der Waals surface area contributed by atoms with Crippen LogP contribution in [0.5, 0.6) is 0 Å². The Morgan fingerprint density at radius 2 is 1.57 bits per heavy atom. The summed E-state index contributed by atoms with van der Waals surface area (Å²) >= 11 is 5.05. The Labute approximate surface area is 133 Å². The van der Waals surface area contributed by atoms with Crippen LogP contribution in [0.4, 0.5) is 5.69 Å². The van der Waals surface area contributed by atoms with E-state index in [1.54, 1.807) is 0 Å². The summed E-state index contributed by atoms with van der Waals surface area (Å²) in [6.07, 6.45) is 6.94. The van der Waals surface area contributed by atoms with Gasteiger partial charge in [0.05, 0.1) is 0 Å². The van der Waals surface area contributed by atoms with Crippen LogP contribution in [0.15, 0.2) is 24.3 Å². The van der Waals surface area contributed by atoms with Gasteiger partial charge in [0.15, 0.2) is 5.11 Å². The molecule has 1 aliphatic carbocycles. The number of rotatable bonds is 2. The zero-order valence-electron chi connectivity index (χ0n) is 12.6. The van der Waals surface area contributed by atoms with Crippen molar-refractivity contribution in [2.24, 2.45) is 5.73 Å². The lowest BCUT2D eigenvalue weighted by molar-refractivity contribution is 0.388. The molecule has 1 saturated carbocycles. The predicted octanol–water partition coefficient (Wildman–Crippen LogP) is 3.10. The highest BCUT2D eigenvalue weighted by Gasteiger charge is 2.19. The summed E-state index contributed by atoms with van der Waals surface area (Å²) < 4.78 is 0. The third-order valence-electron chi connectivity index (χ3n) is 4.93. The molecule has 1 heterocycles. The Balaban J connectivity index is 1.61. The summed E-state index contributed by atoms with van der Waals surface area (Å²) in [5.74, 6) is 0.791. The molecule has 0 unspecified atom stereocenters. The number of nitrogens with zero attached hydrogens (tertiary/aromatic N) is 2. The molecule has 0 aromatic heterocycles. The van der Waals surface area contributed by atoms with Crippen LogP contribution in [-0.4, -0.2) is 36.2 Å². The Bertz CT molecular complexity index is 471. The number of piperazine rings is 1. The van der Waals surface area contributed by atoms with Crippen LogP contribution in [0.25, 0.3) is 0 Å². The van der Waals surface area contributed by atoms with Crippen LogP contribution in [0, 0.1) is 0 Å². The third kappa shape index (κ3) is 3.49. The van der Waals surface area contributed by atoms with E-state index in [0.29, 0.717) is 5.11 Å². The quantitative estimate of drug-likeness (QED) is 0.851. The lowest BCUT2D eigenvalue weighted by Crippen LogP contribution is -2.50. The van der Waals surface area contributed by atoms with Crippen LogP contribution in [-0.2, 0) is 0 Å². The van der Waals surface area contributed by atoms with Crippen molar-refractivity contribution in [2.75, 3.05) is 31.1 Å². The van der Waals surface area contributed by atoms with Gasteiger partial charge in [0.25, 0.3) is 0 Å². The Morgan fingerprint density at radius 3 is 2.14 bits per heavy atom. The topological polar surface area (TPSA) is 32.5 Å². The van der Waals surface area contributed by atoms with Crippen LogP contribution >= 0.6 is 12.2 Å². The van der Waals surface area contributed by atoms with Crippen molar-refractivity contribution >= 4 is 23.0 Å². The van der Waals surface area contributed by atoms with Crippen molar-refractivity contribution in [1.82, 2.24) is 4.90 Å². The number of hydrogen-bond acceptors (Lipinski definition) is 2. The highest BCUT2D eigenvalue weighted by atomic mass is 32.1. The molecule has 1 aromatic rings. The predicted molar refractivity (Wildman–Crippen MR) is 92.8 cm³/mol. The van der Waals surface area contributed by atoms with Gasteiger partial charge in [0.1, 0.15) is 0 Å². The number of thiocarbonyl (C=S) groups is 1. The molecule has 3 nitrogen and oxygen atoms in total. The van der Waals surface area contributed by atoms with Gasteiger partial charge in [0, 0.05) is 31.9 Å². The van der Waals surface area contributed by atoms with Gasteiger partial charge in [-0.15, -0.1) is 0 Å². The molecule has 1 aromatic carbocycles. The number of hydrogen-bond donors (Lipinski definition) is 1. The molecule has 1 saturated heterocycles. The van der Waals surface area contributed by atoms with E-state index in [2.05, 4.69) is 34.1 Å². The second kappa shape index (κ2) is 6.65. The minimum absolute atomic E-state index is 0.530. The maximum atomic E-state index is 5.69. The van der Waals surface area contributed by atoms with Crippen molar-refractivity contribution in [3.63, 3.8) is 0 Å². The molecule has 0 spiro atoms. The van der Waals surface area contributed by atoms with Crippen molar-refractivity contribution in [1.29, 1.82) is 0 Å². The fourth-order valence-electron chi connectivity index (χ4n) is 3.58. The lowest BCUT2D eigenvalue weighted by atomic mass is 9.84. The monoisotopic (exact) mass is 303 g/mol. The van der Waals surface area contributed by atoms with E-state index in [1.807, 2.05) is 0 Å². The van der Waals surface area contributed by atoms with Gasteiger partial charge in [-0.3, -0.25) is 0 Å². The molecular formula is C17H25N3S. The SMILES string of the molecule is NC(=S)N1CCN(c2ccc(C3CCCCC3)cc2)CC1. The average Bonchev–Trinajstić information content (AvgIpc) is 2.56. The maximum absolute atomic E-state index is 5.69. The summed E-state index contributed by atoms with van der Waals surface area (Å²) in [6, 6.07) is 9.26. The van der Waals surface area contributed by atoms with E-state index >= 15 is 0 Å². The van der Waals surface area contributed by atoms with Crippen LogP contribution in [0.1, 0.15) is 43.6 Å². The maximum Gasteiger partial charge on any atom is 0.166 e. The van der Waals surface area contributed by atoms with Crippen molar-refractivity contribution in [3.05, 3.63) is 29.8 Å². The summed E-state index contributed by atoms with van der Waals surface area (Å²) in [4.78, 5) is 4.52. The van der Waals surface area contributed by atoms with E-state index in [0.717, 1.165) is 32.1 Å². The van der Waals surface area contributed by atoms with Crippen molar-refractivity contribution in [2.45, 2.75) is 38.0 Å². The molecule has 114 valence electrons. The molecule has 2 aliphatic rings. The first-order valence-electron chi connectivity index (χ1n) is 8.13. The molecule has 2 fully saturated rings. The highest BCUT2D eigenvalue weighted by Crippen LogP contribution is 2.33. The van der Waals surface area contributed by atoms with Crippen molar-refractivity contribution < 1.29 is 0 Å². The number of benzene rings is 1. The van der Waals surface area contributed by atoms with Gasteiger partial charge in [-0.2, -0.15) is 0 Å². The normalized spacial score (nSPS) is 20.6. The lowest BCUT2D eigenvalue weighted by Gasteiger charge is -2.36. The van der Waals surface area contributed by atoms with E-state index in [1.165, 1.54) is 43.4 Å². The second-order valence-corrected chi connectivity index (χ2v) is 6.66. The number of anilines is 1. The average molecular weight is 303 g/mol. The van der Waals surface area contributed by atoms with Crippen molar-refractivity contribution in [3.8, 4) is 0 Å². The molecule has 0 atom stereocenters. The third-order valence-corrected chi connectivity index (χ3v) is 5.18. The Hall–Kier alpha value is -1.29. The van der Waals surface area contributed by atoms with Gasteiger partial charge in [0.2, 0.25) is 0 Å². The minimum Gasteiger partial charge on any atom is -0.376 e. The van der Waals surface area contributed by atoms with Crippen LogP contribution < -0.4 is 10.6 Å². The highest BCUT2D eigenvalue weighted by molar-refractivity contribution is 7.80. The number of nitrogens with two attached hydrogens (primary N) is 1.